The summed E-state index contributed by atoms with van der Waals surface area (Å²) in [5, 5.41) is 1.96. The number of sulfonamides is 1. The van der Waals surface area contributed by atoms with Gasteiger partial charge in [0.1, 0.15) is 6.54 Å². The Hall–Kier alpha value is -4.43. The lowest BCUT2D eigenvalue weighted by molar-refractivity contribution is -0.127. The highest BCUT2D eigenvalue weighted by molar-refractivity contribution is 8.18. The number of benzene rings is 2. The summed E-state index contributed by atoms with van der Waals surface area (Å²) in [4.78, 5) is 46.3. The van der Waals surface area contributed by atoms with Gasteiger partial charge in [0.15, 0.2) is 11.5 Å². The number of anilines is 2. The molecule has 0 atom stereocenters. The summed E-state index contributed by atoms with van der Waals surface area (Å²) in [5.74, 6) is -0.349. The number of carbonyl (C=O) groups is 3. The predicted molar refractivity (Wildman–Crippen MR) is 140 cm³/mol. The first-order valence-corrected chi connectivity index (χ1v) is 13.2. The molecule has 0 saturated carbocycles. The van der Waals surface area contributed by atoms with E-state index in [0.717, 1.165) is 4.90 Å². The van der Waals surface area contributed by atoms with Crippen LogP contribution in [-0.2, 0) is 19.6 Å². The molecule has 1 fully saturated rings. The van der Waals surface area contributed by atoms with Crippen LogP contribution in [0.15, 0.2) is 70.7 Å². The zero-order valence-corrected chi connectivity index (χ0v) is 21.7. The Labute approximate surface area is 222 Å². The smallest absolute Gasteiger partial charge is 0.294 e. The number of thioether (sulfide) groups is 1. The van der Waals surface area contributed by atoms with E-state index in [4.69, 9.17) is 9.47 Å². The van der Waals surface area contributed by atoms with Gasteiger partial charge in [-0.05, 0) is 65.9 Å². The van der Waals surface area contributed by atoms with Crippen LogP contribution in [0, 0.1) is 0 Å². The number of hydrogen-bond donors (Lipinski definition) is 2. The zero-order chi connectivity index (χ0) is 27.3. The van der Waals surface area contributed by atoms with Crippen LogP contribution in [-0.4, -0.2) is 61.1 Å². The molecule has 1 aliphatic rings. The lowest BCUT2D eigenvalue weighted by Gasteiger charge is -2.13. The summed E-state index contributed by atoms with van der Waals surface area (Å²) in [7, 11) is -0.955. The highest BCUT2D eigenvalue weighted by atomic mass is 32.2. The largest absolute Gasteiger partial charge is 0.493 e. The number of carbonyl (C=O) groups excluding carboxylic acids is 3. The van der Waals surface area contributed by atoms with Crippen molar-refractivity contribution in [3.63, 3.8) is 0 Å². The number of nitrogens with one attached hydrogen (secondary N) is 2. The minimum absolute atomic E-state index is 0.0748. The maximum absolute atomic E-state index is 12.8. The Morgan fingerprint density at radius 2 is 1.71 bits per heavy atom. The van der Waals surface area contributed by atoms with E-state index in [-0.39, 0.29) is 21.4 Å². The maximum atomic E-state index is 12.8. The van der Waals surface area contributed by atoms with Crippen LogP contribution in [0.5, 0.6) is 11.5 Å². The van der Waals surface area contributed by atoms with Crippen molar-refractivity contribution in [3.8, 4) is 11.5 Å². The fourth-order valence-electron chi connectivity index (χ4n) is 3.32. The average Bonchev–Trinajstić information content (AvgIpc) is 3.16. The summed E-state index contributed by atoms with van der Waals surface area (Å²) in [6, 6.07) is 11.9. The summed E-state index contributed by atoms with van der Waals surface area (Å²) in [5.41, 5.74) is 0.888. The molecule has 0 aliphatic carbocycles. The molecule has 14 heteroatoms. The highest BCUT2D eigenvalue weighted by Gasteiger charge is 2.36. The van der Waals surface area contributed by atoms with Crippen molar-refractivity contribution in [2.75, 3.05) is 30.8 Å². The van der Waals surface area contributed by atoms with E-state index in [1.165, 1.54) is 57.0 Å². The standard InChI is InChI=1S/C24H21N5O7S2/c1-35-18-9-4-15(12-19(18)36-2)13-20-22(31)29(24(32)37-20)14-21(30)27-16-5-7-17(8-6-16)38(33,34)28-23-25-10-3-11-26-23/h3-13H,14H2,1-2H3,(H,27,30)(H,25,26,28)/b20-13-. The second-order valence-corrected chi connectivity index (χ2v) is 10.3. The Kier molecular flexibility index (Phi) is 7.93. The van der Waals surface area contributed by atoms with Gasteiger partial charge in [0.05, 0.1) is 24.0 Å². The third-order valence-electron chi connectivity index (χ3n) is 5.12. The van der Waals surface area contributed by atoms with Crippen molar-refractivity contribution in [2.45, 2.75) is 4.90 Å². The van der Waals surface area contributed by atoms with Gasteiger partial charge in [0.2, 0.25) is 11.9 Å². The molecule has 38 heavy (non-hydrogen) atoms. The van der Waals surface area contributed by atoms with Gasteiger partial charge in [-0.15, -0.1) is 0 Å². The van der Waals surface area contributed by atoms with E-state index >= 15 is 0 Å². The van der Waals surface area contributed by atoms with Crippen molar-refractivity contribution in [2.24, 2.45) is 0 Å². The number of nitrogens with zero attached hydrogens (tertiary/aromatic N) is 3. The molecule has 2 N–H and O–H groups in total. The summed E-state index contributed by atoms with van der Waals surface area (Å²) < 4.78 is 37.7. The van der Waals surface area contributed by atoms with Gasteiger partial charge in [-0.1, -0.05) is 6.07 Å². The van der Waals surface area contributed by atoms with Crippen molar-refractivity contribution >= 4 is 56.6 Å². The van der Waals surface area contributed by atoms with Crippen LogP contribution in [0.2, 0.25) is 0 Å². The molecule has 0 spiro atoms. The van der Waals surface area contributed by atoms with E-state index in [1.54, 1.807) is 24.3 Å². The lowest BCUT2D eigenvalue weighted by atomic mass is 10.2. The molecule has 0 unspecified atom stereocenters. The molecular formula is C24H21N5O7S2. The molecule has 1 aliphatic heterocycles. The summed E-state index contributed by atoms with van der Waals surface area (Å²) in [6.45, 7) is -0.513. The normalized spacial score (nSPS) is 14.5. The molecule has 2 aromatic carbocycles. The van der Waals surface area contributed by atoms with Crippen molar-refractivity contribution in [1.82, 2.24) is 14.9 Å². The minimum Gasteiger partial charge on any atom is -0.493 e. The van der Waals surface area contributed by atoms with Gasteiger partial charge in [0, 0.05) is 18.1 Å². The number of hydrogen-bond acceptors (Lipinski definition) is 10. The van der Waals surface area contributed by atoms with E-state index in [1.807, 2.05) is 0 Å². The van der Waals surface area contributed by atoms with E-state index in [9.17, 15) is 22.8 Å². The molecule has 196 valence electrons. The summed E-state index contributed by atoms with van der Waals surface area (Å²) in [6.07, 6.45) is 4.32. The van der Waals surface area contributed by atoms with Crippen LogP contribution in [0.4, 0.5) is 16.4 Å². The lowest BCUT2D eigenvalue weighted by Crippen LogP contribution is -2.36. The monoisotopic (exact) mass is 555 g/mol. The third kappa shape index (κ3) is 6.10. The number of imide groups is 1. The first-order chi connectivity index (χ1) is 18.2. The van der Waals surface area contributed by atoms with Gasteiger partial charge in [-0.25, -0.2) is 23.1 Å². The Balaban J connectivity index is 1.39. The average molecular weight is 556 g/mol. The molecule has 1 aromatic heterocycles. The molecular weight excluding hydrogens is 534 g/mol. The van der Waals surface area contributed by atoms with E-state index < -0.39 is 33.6 Å². The van der Waals surface area contributed by atoms with Crippen LogP contribution < -0.4 is 19.5 Å². The summed E-state index contributed by atoms with van der Waals surface area (Å²) >= 11 is 0.716. The van der Waals surface area contributed by atoms with Gasteiger partial charge in [-0.2, -0.15) is 0 Å². The second kappa shape index (κ2) is 11.3. The van der Waals surface area contributed by atoms with Gasteiger partial charge in [0.25, 0.3) is 21.2 Å². The quantitative estimate of drug-likeness (QED) is 0.376. The van der Waals surface area contributed by atoms with Crippen LogP contribution in [0.3, 0.4) is 0 Å². The molecule has 1 saturated heterocycles. The Morgan fingerprint density at radius 1 is 1.03 bits per heavy atom. The Morgan fingerprint density at radius 3 is 2.37 bits per heavy atom. The number of amides is 3. The highest BCUT2D eigenvalue weighted by Crippen LogP contribution is 2.34. The molecule has 4 rings (SSSR count). The Bertz CT molecular complexity index is 1510. The maximum Gasteiger partial charge on any atom is 0.294 e. The number of aromatic nitrogens is 2. The fraction of sp³-hybridized carbons (Fsp3) is 0.125. The van der Waals surface area contributed by atoms with Crippen molar-refractivity contribution < 1.29 is 32.3 Å². The second-order valence-electron chi connectivity index (χ2n) is 7.63. The van der Waals surface area contributed by atoms with E-state index in [2.05, 4.69) is 20.0 Å². The molecule has 0 radical (unpaired) electrons. The van der Waals surface area contributed by atoms with Gasteiger partial charge < -0.3 is 14.8 Å². The van der Waals surface area contributed by atoms with Gasteiger partial charge >= 0.3 is 0 Å². The molecule has 3 amide bonds. The molecule has 2 heterocycles. The number of ether oxygens (including phenoxy) is 2. The fourth-order valence-corrected chi connectivity index (χ4v) is 5.12. The number of rotatable bonds is 9. The number of methoxy groups -OCH3 is 2. The zero-order valence-electron chi connectivity index (χ0n) is 20.1. The van der Waals surface area contributed by atoms with Crippen molar-refractivity contribution in [3.05, 3.63) is 71.4 Å². The third-order valence-corrected chi connectivity index (χ3v) is 7.37. The van der Waals surface area contributed by atoms with Crippen molar-refractivity contribution in [1.29, 1.82) is 0 Å². The van der Waals surface area contributed by atoms with Crippen LogP contribution >= 0.6 is 11.8 Å². The predicted octanol–water partition coefficient (Wildman–Crippen LogP) is 2.97. The SMILES string of the molecule is COc1ccc(/C=C2\SC(=O)N(CC(=O)Nc3ccc(S(=O)(=O)Nc4ncccn4)cc3)C2=O)cc1OC. The minimum atomic E-state index is -3.94. The first-order valence-electron chi connectivity index (χ1n) is 10.9. The van der Waals surface area contributed by atoms with E-state index in [0.29, 0.717) is 28.8 Å². The molecule has 12 nitrogen and oxygen atoms in total. The topological polar surface area (TPSA) is 157 Å². The molecule has 3 aromatic rings. The molecule has 0 bridgehead atoms. The van der Waals surface area contributed by atoms with Crippen LogP contribution in [0.25, 0.3) is 6.08 Å². The van der Waals surface area contributed by atoms with Crippen LogP contribution in [0.1, 0.15) is 5.56 Å². The first kappa shape index (κ1) is 26.6. The van der Waals surface area contributed by atoms with Gasteiger partial charge in [-0.3, -0.25) is 19.3 Å².